The van der Waals surface area contributed by atoms with Crippen LogP contribution in [0.1, 0.15) is 11.1 Å². The minimum Gasteiger partial charge on any atom is -0.495 e. The van der Waals surface area contributed by atoms with Crippen LogP contribution >= 0.6 is 0 Å². The summed E-state index contributed by atoms with van der Waals surface area (Å²) in [6, 6.07) is 4.26. The highest BCUT2D eigenvalue weighted by Crippen LogP contribution is 2.28. The normalized spacial score (nSPS) is 15.7. The molecule has 0 radical (unpaired) electrons. The van der Waals surface area contributed by atoms with Gasteiger partial charge in [-0.15, -0.1) is 0 Å². The number of aryl methyl sites for hydroxylation is 2. The highest BCUT2D eigenvalue weighted by molar-refractivity contribution is 5.60. The number of ether oxygens (including phenoxy) is 1. The number of benzene rings is 1. The molecule has 1 aliphatic heterocycles. The van der Waals surface area contributed by atoms with Crippen molar-refractivity contribution in [1.29, 1.82) is 0 Å². The largest absolute Gasteiger partial charge is 0.495 e. The van der Waals surface area contributed by atoms with Gasteiger partial charge in [-0.25, -0.2) is 0 Å². The van der Waals surface area contributed by atoms with Crippen LogP contribution in [0.25, 0.3) is 0 Å². The van der Waals surface area contributed by atoms with E-state index in [1.54, 1.807) is 7.11 Å². The SMILES string of the molecule is COc1cc(C)c(C)cc1NCC1CNC1. The minimum atomic E-state index is 0.756. The molecule has 3 heteroatoms. The average Bonchev–Trinajstić information content (AvgIpc) is 2.20. The van der Waals surface area contributed by atoms with Crippen LogP contribution in [0.5, 0.6) is 5.75 Å². The van der Waals surface area contributed by atoms with Gasteiger partial charge in [0.25, 0.3) is 0 Å². The molecule has 0 aromatic heterocycles. The van der Waals surface area contributed by atoms with Crippen molar-refractivity contribution in [3.8, 4) is 5.75 Å². The molecule has 2 rings (SSSR count). The number of nitrogens with one attached hydrogen (secondary N) is 2. The molecule has 1 aliphatic rings. The summed E-state index contributed by atoms with van der Waals surface area (Å²) in [7, 11) is 1.72. The summed E-state index contributed by atoms with van der Waals surface area (Å²) in [5.74, 6) is 1.70. The molecule has 2 N–H and O–H groups in total. The molecular weight excluding hydrogens is 200 g/mol. The first-order valence-corrected chi connectivity index (χ1v) is 5.80. The van der Waals surface area contributed by atoms with Crippen LogP contribution in [-0.2, 0) is 0 Å². The van der Waals surface area contributed by atoms with Gasteiger partial charge >= 0.3 is 0 Å². The Kier molecular flexibility index (Phi) is 3.34. The Morgan fingerprint density at radius 3 is 2.56 bits per heavy atom. The maximum absolute atomic E-state index is 5.39. The molecule has 1 fully saturated rings. The first kappa shape index (κ1) is 11.3. The zero-order valence-corrected chi connectivity index (χ0v) is 10.3. The van der Waals surface area contributed by atoms with Gasteiger partial charge in [0, 0.05) is 25.6 Å². The summed E-state index contributed by atoms with van der Waals surface area (Å²) in [4.78, 5) is 0. The lowest BCUT2D eigenvalue weighted by Crippen LogP contribution is -2.45. The number of methoxy groups -OCH3 is 1. The smallest absolute Gasteiger partial charge is 0.142 e. The molecule has 0 unspecified atom stereocenters. The summed E-state index contributed by atoms with van der Waals surface area (Å²) in [5.41, 5.74) is 3.68. The van der Waals surface area contributed by atoms with E-state index in [0.717, 1.165) is 37.0 Å². The van der Waals surface area contributed by atoms with Gasteiger partial charge in [0.05, 0.1) is 12.8 Å². The van der Waals surface area contributed by atoms with Gasteiger partial charge in [0.1, 0.15) is 5.75 Å². The van der Waals surface area contributed by atoms with Gasteiger partial charge in [0.2, 0.25) is 0 Å². The van der Waals surface area contributed by atoms with E-state index in [-0.39, 0.29) is 0 Å². The Hall–Kier alpha value is -1.22. The van der Waals surface area contributed by atoms with E-state index in [9.17, 15) is 0 Å². The Morgan fingerprint density at radius 1 is 1.31 bits per heavy atom. The predicted octanol–water partition coefficient (Wildman–Crippen LogP) is 1.94. The molecule has 1 saturated heterocycles. The van der Waals surface area contributed by atoms with Crippen molar-refractivity contribution in [3.63, 3.8) is 0 Å². The van der Waals surface area contributed by atoms with Crippen LogP contribution in [0.2, 0.25) is 0 Å². The lowest BCUT2D eigenvalue weighted by Gasteiger charge is -2.28. The second-order valence-corrected chi connectivity index (χ2v) is 4.54. The van der Waals surface area contributed by atoms with E-state index in [2.05, 4.69) is 36.6 Å². The lowest BCUT2D eigenvalue weighted by atomic mass is 10.0. The van der Waals surface area contributed by atoms with Gasteiger partial charge in [0.15, 0.2) is 0 Å². The van der Waals surface area contributed by atoms with Crippen LogP contribution in [0.15, 0.2) is 12.1 Å². The third-order valence-electron chi connectivity index (χ3n) is 3.26. The zero-order valence-electron chi connectivity index (χ0n) is 10.3. The molecule has 1 aromatic rings. The maximum Gasteiger partial charge on any atom is 0.142 e. The van der Waals surface area contributed by atoms with Crippen molar-refractivity contribution in [2.75, 3.05) is 32.1 Å². The molecule has 1 heterocycles. The molecule has 1 aromatic carbocycles. The third-order valence-corrected chi connectivity index (χ3v) is 3.26. The second-order valence-electron chi connectivity index (χ2n) is 4.54. The van der Waals surface area contributed by atoms with Crippen LogP contribution < -0.4 is 15.4 Å². The van der Waals surface area contributed by atoms with Crippen molar-refractivity contribution in [3.05, 3.63) is 23.3 Å². The van der Waals surface area contributed by atoms with E-state index in [0.29, 0.717) is 0 Å². The van der Waals surface area contributed by atoms with E-state index in [1.165, 1.54) is 11.1 Å². The van der Waals surface area contributed by atoms with Crippen molar-refractivity contribution >= 4 is 5.69 Å². The molecule has 0 spiro atoms. The minimum absolute atomic E-state index is 0.756. The molecule has 0 aliphatic carbocycles. The maximum atomic E-state index is 5.39. The molecule has 88 valence electrons. The molecular formula is C13H20N2O. The van der Waals surface area contributed by atoms with E-state index in [1.807, 2.05) is 0 Å². The molecule has 3 nitrogen and oxygen atoms in total. The lowest BCUT2D eigenvalue weighted by molar-refractivity contribution is 0.364. The molecule has 0 bridgehead atoms. The molecule has 16 heavy (non-hydrogen) atoms. The predicted molar refractivity (Wildman–Crippen MR) is 67.3 cm³/mol. The first-order valence-electron chi connectivity index (χ1n) is 5.80. The summed E-state index contributed by atoms with van der Waals surface area (Å²) in [5, 5.41) is 6.74. The summed E-state index contributed by atoms with van der Waals surface area (Å²) < 4.78 is 5.39. The van der Waals surface area contributed by atoms with Gasteiger partial charge in [-0.2, -0.15) is 0 Å². The third kappa shape index (κ3) is 2.30. The standard InChI is InChI=1S/C13H20N2O/c1-9-4-12(13(16-3)5-10(9)2)15-8-11-6-14-7-11/h4-5,11,14-15H,6-8H2,1-3H3. The highest BCUT2D eigenvalue weighted by atomic mass is 16.5. The Morgan fingerprint density at radius 2 is 2.00 bits per heavy atom. The van der Waals surface area contributed by atoms with Crippen LogP contribution in [0.4, 0.5) is 5.69 Å². The van der Waals surface area contributed by atoms with Gasteiger partial charge in [-0.05, 0) is 37.1 Å². The second kappa shape index (κ2) is 4.74. The fraction of sp³-hybridized carbons (Fsp3) is 0.538. The monoisotopic (exact) mass is 220 g/mol. The summed E-state index contributed by atoms with van der Waals surface area (Å²) >= 11 is 0. The fourth-order valence-corrected chi connectivity index (χ4v) is 1.84. The summed E-state index contributed by atoms with van der Waals surface area (Å²) in [6.07, 6.45) is 0. The van der Waals surface area contributed by atoms with Crippen molar-refractivity contribution in [2.45, 2.75) is 13.8 Å². The number of anilines is 1. The van der Waals surface area contributed by atoms with Crippen molar-refractivity contribution < 1.29 is 4.74 Å². The van der Waals surface area contributed by atoms with Crippen molar-refractivity contribution in [2.24, 2.45) is 5.92 Å². The number of hydrogen-bond donors (Lipinski definition) is 2. The van der Waals surface area contributed by atoms with Gasteiger partial charge in [-0.3, -0.25) is 0 Å². The zero-order chi connectivity index (χ0) is 11.5. The van der Waals surface area contributed by atoms with Crippen LogP contribution in [-0.4, -0.2) is 26.7 Å². The van der Waals surface area contributed by atoms with Gasteiger partial charge < -0.3 is 15.4 Å². The van der Waals surface area contributed by atoms with E-state index >= 15 is 0 Å². The van der Waals surface area contributed by atoms with Crippen molar-refractivity contribution in [1.82, 2.24) is 5.32 Å². The van der Waals surface area contributed by atoms with Crippen LogP contribution in [0, 0.1) is 19.8 Å². The molecule has 0 atom stereocenters. The average molecular weight is 220 g/mol. The quantitative estimate of drug-likeness (QED) is 0.813. The van der Waals surface area contributed by atoms with Crippen LogP contribution in [0.3, 0.4) is 0 Å². The Bertz CT molecular complexity index is 372. The highest BCUT2D eigenvalue weighted by Gasteiger charge is 2.16. The molecule has 0 amide bonds. The topological polar surface area (TPSA) is 33.3 Å². The van der Waals surface area contributed by atoms with E-state index < -0.39 is 0 Å². The molecule has 0 saturated carbocycles. The number of hydrogen-bond acceptors (Lipinski definition) is 3. The Labute approximate surface area is 97.2 Å². The summed E-state index contributed by atoms with van der Waals surface area (Å²) in [6.45, 7) is 7.51. The number of rotatable bonds is 4. The van der Waals surface area contributed by atoms with Gasteiger partial charge in [-0.1, -0.05) is 0 Å². The first-order chi connectivity index (χ1) is 7.70. The fourth-order valence-electron chi connectivity index (χ4n) is 1.84. The van der Waals surface area contributed by atoms with E-state index in [4.69, 9.17) is 4.74 Å². The Balaban J connectivity index is 2.08.